The first-order valence-corrected chi connectivity index (χ1v) is 5.85. The van der Waals surface area contributed by atoms with Gasteiger partial charge in [-0.25, -0.2) is 4.98 Å². The molecule has 0 saturated carbocycles. The lowest BCUT2D eigenvalue weighted by molar-refractivity contribution is 0.678. The third-order valence-corrected chi connectivity index (χ3v) is 2.69. The van der Waals surface area contributed by atoms with Crippen LogP contribution in [0, 0.1) is 0 Å². The van der Waals surface area contributed by atoms with Gasteiger partial charge < -0.3 is 11.1 Å². The summed E-state index contributed by atoms with van der Waals surface area (Å²) in [5, 5.41) is 4.08. The highest BCUT2D eigenvalue weighted by Crippen LogP contribution is 2.11. The molecule has 1 heterocycles. The molecule has 3 N–H and O–H groups in total. The van der Waals surface area contributed by atoms with Crippen molar-refractivity contribution in [2.24, 2.45) is 5.73 Å². The molecule has 4 nitrogen and oxygen atoms in total. The van der Waals surface area contributed by atoms with Crippen LogP contribution in [0.1, 0.15) is 32.5 Å². The zero-order valence-corrected chi connectivity index (χ0v) is 9.60. The van der Waals surface area contributed by atoms with Gasteiger partial charge in [0, 0.05) is 30.5 Å². The van der Waals surface area contributed by atoms with Gasteiger partial charge in [-0.2, -0.15) is 4.37 Å². The van der Waals surface area contributed by atoms with Crippen molar-refractivity contribution in [1.29, 1.82) is 0 Å². The van der Waals surface area contributed by atoms with Crippen molar-refractivity contribution in [2.45, 2.75) is 39.2 Å². The first-order chi connectivity index (χ1) is 6.76. The van der Waals surface area contributed by atoms with Crippen LogP contribution in [0.2, 0.25) is 0 Å². The number of hydrogen-bond donors (Lipinski definition) is 2. The van der Waals surface area contributed by atoms with E-state index in [1.165, 1.54) is 11.5 Å². The van der Waals surface area contributed by atoms with Crippen LogP contribution < -0.4 is 11.1 Å². The molecule has 1 aromatic rings. The first-order valence-electron chi connectivity index (χ1n) is 5.08. The summed E-state index contributed by atoms with van der Waals surface area (Å²) < 4.78 is 4.24. The minimum Gasteiger partial charge on any atom is -0.359 e. The molecule has 0 aromatic carbocycles. The molecule has 0 aliphatic rings. The number of rotatable bonds is 6. The maximum Gasteiger partial charge on any atom is 0.202 e. The van der Waals surface area contributed by atoms with Crippen LogP contribution in [0.3, 0.4) is 0 Å². The second kappa shape index (κ2) is 5.93. The van der Waals surface area contributed by atoms with E-state index in [-0.39, 0.29) is 6.04 Å². The van der Waals surface area contributed by atoms with Crippen molar-refractivity contribution in [3.63, 3.8) is 0 Å². The lowest BCUT2D eigenvalue weighted by Gasteiger charge is -2.07. The zero-order chi connectivity index (χ0) is 10.4. The Labute approximate surface area is 89.1 Å². The third-order valence-electron chi connectivity index (χ3n) is 1.98. The van der Waals surface area contributed by atoms with Crippen LogP contribution in [0.4, 0.5) is 5.13 Å². The van der Waals surface area contributed by atoms with Crippen molar-refractivity contribution in [1.82, 2.24) is 9.36 Å². The van der Waals surface area contributed by atoms with Crippen LogP contribution in [-0.4, -0.2) is 21.9 Å². The average Bonchev–Trinajstić information content (AvgIpc) is 2.63. The summed E-state index contributed by atoms with van der Waals surface area (Å²) in [5.74, 6) is 0.935. The van der Waals surface area contributed by atoms with Gasteiger partial charge >= 0.3 is 0 Å². The SMILES string of the molecule is CCCc1nsc(NCC(N)CC)n1. The van der Waals surface area contributed by atoms with Gasteiger partial charge in [0.15, 0.2) is 0 Å². The Morgan fingerprint density at radius 1 is 1.50 bits per heavy atom. The lowest BCUT2D eigenvalue weighted by Crippen LogP contribution is -2.27. The normalized spacial score (nSPS) is 12.8. The van der Waals surface area contributed by atoms with Crippen molar-refractivity contribution in [2.75, 3.05) is 11.9 Å². The molecule has 0 bridgehead atoms. The van der Waals surface area contributed by atoms with E-state index in [1.807, 2.05) is 0 Å². The van der Waals surface area contributed by atoms with E-state index < -0.39 is 0 Å². The molecule has 0 amide bonds. The Morgan fingerprint density at radius 3 is 2.93 bits per heavy atom. The molecule has 0 aliphatic carbocycles. The van der Waals surface area contributed by atoms with E-state index in [4.69, 9.17) is 5.73 Å². The third kappa shape index (κ3) is 3.59. The highest BCUT2D eigenvalue weighted by atomic mass is 32.1. The van der Waals surface area contributed by atoms with Crippen molar-refractivity contribution >= 4 is 16.7 Å². The van der Waals surface area contributed by atoms with Gasteiger partial charge in [-0.1, -0.05) is 13.8 Å². The summed E-state index contributed by atoms with van der Waals surface area (Å²) in [5.41, 5.74) is 5.78. The Balaban J connectivity index is 2.35. The van der Waals surface area contributed by atoms with Gasteiger partial charge in [-0.3, -0.25) is 0 Å². The summed E-state index contributed by atoms with van der Waals surface area (Å²) in [6.45, 7) is 4.98. The highest BCUT2D eigenvalue weighted by molar-refractivity contribution is 7.09. The minimum atomic E-state index is 0.202. The number of anilines is 1. The van der Waals surface area contributed by atoms with Crippen molar-refractivity contribution in [3.05, 3.63) is 5.82 Å². The molecule has 0 spiro atoms. The number of aryl methyl sites for hydroxylation is 1. The van der Waals surface area contributed by atoms with Gasteiger partial charge in [-0.05, 0) is 12.8 Å². The standard InChI is InChI=1S/C9H18N4S/c1-3-5-8-12-9(14-13-8)11-6-7(10)4-2/h7H,3-6,10H2,1-2H3,(H,11,12,13). The van der Waals surface area contributed by atoms with E-state index in [9.17, 15) is 0 Å². The van der Waals surface area contributed by atoms with Crippen molar-refractivity contribution in [3.8, 4) is 0 Å². The van der Waals surface area contributed by atoms with Crippen LogP contribution in [-0.2, 0) is 6.42 Å². The van der Waals surface area contributed by atoms with E-state index >= 15 is 0 Å². The van der Waals surface area contributed by atoms with Gasteiger partial charge in [-0.15, -0.1) is 0 Å². The molecule has 0 saturated heterocycles. The molecule has 14 heavy (non-hydrogen) atoms. The van der Waals surface area contributed by atoms with Crippen LogP contribution in [0.15, 0.2) is 0 Å². The summed E-state index contributed by atoms with van der Waals surface area (Å²) in [7, 11) is 0. The second-order valence-corrected chi connectivity index (χ2v) is 4.07. The molecule has 80 valence electrons. The quantitative estimate of drug-likeness (QED) is 0.755. The van der Waals surface area contributed by atoms with Gasteiger partial charge in [0.05, 0.1) is 0 Å². The fourth-order valence-corrected chi connectivity index (χ4v) is 1.63. The average molecular weight is 214 g/mol. The highest BCUT2D eigenvalue weighted by Gasteiger charge is 2.04. The van der Waals surface area contributed by atoms with E-state index in [0.717, 1.165) is 36.8 Å². The van der Waals surface area contributed by atoms with Gasteiger partial charge in [0.2, 0.25) is 5.13 Å². The van der Waals surface area contributed by atoms with Crippen molar-refractivity contribution < 1.29 is 0 Å². The molecular weight excluding hydrogens is 196 g/mol. The van der Waals surface area contributed by atoms with E-state index in [1.54, 1.807) is 0 Å². The Bertz CT molecular complexity index is 261. The summed E-state index contributed by atoms with van der Waals surface area (Å²) >= 11 is 1.41. The Hall–Kier alpha value is -0.680. The molecule has 0 fully saturated rings. The summed E-state index contributed by atoms with van der Waals surface area (Å²) in [6, 6.07) is 0.202. The second-order valence-electron chi connectivity index (χ2n) is 3.31. The largest absolute Gasteiger partial charge is 0.359 e. The lowest BCUT2D eigenvalue weighted by atomic mass is 10.2. The monoisotopic (exact) mass is 214 g/mol. The predicted octanol–water partition coefficient (Wildman–Crippen LogP) is 1.64. The number of aromatic nitrogens is 2. The summed E-state index contributed by atoms with van der Waals surface area (Å²) in [4.78, 5) is 4.35. The first kappa shape index (κ1) is 11.4. The zero-order valence-electron chi connectivity index (χ0n) is 8.79. The van der Waals surface area contributed by atoms with E-state index in [2.05, 4.69) is 28.5 Å². The maximum absolute atomic E-state index is 5.78. The summed E-state index contributed by atoms with van der Waals surface area (Å²) in [6.07, 6.45) is 3.02. The molecular formula is C9H18N4S. The molecule has 5 heteroatoms. The molecule has 1 aromatic heterocycles. The fraction of sp³-hybridized carbons (Fsp3) is 0.778. The molecule has 1 unspecified atom stereocenters. The number of nitrogens with two attached hydrogens (primary N) is 1. The Kier molecular flexibility index (Phi) is 4.82. The fourth-order valence-electron chi connectivity index (χ4n) is 1.01. The smallest absolute Gasteiger partial charge is 0.202 e. The number of nitrogens with zero attached hydrogens (tertiary/aromatic N) is 2. The maximum atomic E-state index is 5.78. The molecule has 1 rings (SSSR count). The topological polar surface area (TPSA) is 63.8 Å². The van der Waals surface area contributed by atoms with Gasteiger partial charge in [0.25, 0.3) is 0 Å². The predicted molar refractivity (Wildman–Crippen MR) is 60.7 cm³/mol. The minimum absolute atomic E-state index is 0.202. The Morgan fingerprint density at radius 2 is 2.29 bits per heavy atom. The van der Waals surface area contributed by atoms with E-state index in [0.29, 0.717) is 0 Å². The molecule has 0 radical (unpaired) electrons. The molecule has 1 atom stereocenters. The number of hydrogen-bond acceptors (Lipinski definition) is 5. The number of nitrogens with one attached hydrogen (secondary N) is 1. The van der Waals surface area contributed by atoms with Crippen LogP contribution in [0.5, 0.6) is 0 Å². The van der Waals surface area contributed by atoms with Gasteiger partial charge in [0.1, 0.15) is 5.82 Å². The van der Waals surface area contributed by atoms with Crippen LogP contribution >= 0.6 is 11.5 Å². The van der Waals surface area contributed by atoms with Crippen LogP contribution in [0.25, 0.3) is 0 Å². The molecule has 0 aliphatic heterocycles.